The van der Waals surface area contributed by atoms with E-state index < -0.39 is 11.7 Å². The summed E-state index contributed by atoms with van der Waals surface area (Å²) in [6.07, 6.45) is -4.41. The van der Waals surface area contributed by atoms with Gasteiger partial charge in [0.2, 0.25) is 0 Å². The Balaban J connectivity index is 2.33. The van der Waals surface area contributed by atoms with Crippen molar-refractivity contribution in [1.29, 1.82) is 0 Å². The topological polar surface area (TPSA) is 39.3 Å². The minimum atomic E-state index is -4.41. The first-order valence-corrected chi connectivity index (χ1v) is 8.87. The zero-order valence-corrected chi connectivity index (χ0v) is 16.0. The Morgan fingerprint density at radius 1 is 1.15 bits per heavy atom. The van der Waals surface area contributed by atoms with Gasteiger partial charge in [0.1, 0.15) is 5.52 Å². The minimum absolute atomic E-state index is 0.159. The third-order valence-electron chi connectivity index (χ3n) is 4.81. The van der Waals surface area contributed by atoms with Crippen LogP contribution in [0.3, 0.4) is 0 Å². The summed E-state index contributed by atoms with van der Waals surface area (Å²) in [5.41, 5.74) is 2.31. The molecule has 0 saturated carbocycles. The molecular weight excluding hydrogens is 355 g/mol. The molecule has 0 aliphatic heterocycles. The van der Waals surface area contributed by atoms with Crippen molar-refractivity contribution in [2.45, 2.75) is 53.3 Å². The number of hydrogen-bond acceptors (Lipinski definition) is 2. The Hall–Kier alpha value is -2.57. The summed E-state index contributed by atoms with van der Waals surface area (Å²) in [5, 5.41) is 4.63. The van der Waals surface area contributed by atoms with Crippen LogP contribution in [0, 0.1) is 13.8 Å². The second-order valence-electron chi connectivity index (χ2n) is 7.06. The van der Waals surface area contributed by atoms with Gasteiger partial charge < -0.3 is 0 Å². The Morgan fingerprint density at radius 3 is 2.33 bits per heavy atom. The Labute approximate surface area is 155 Å². The zero-order valence-electron chi connectivity index (χ0n) is 16.0. The van der Waals surface area contributed by atoms with E-state index >= 15 is 0 Å². The summed E-state index contributed by atoms with van der Waals surface area (Å²) in [5.74, 6) is 0.530. The van der Waals surface area contributed by atoms with E-state index in [1.807, 2.05) is 33.8 Å². The first kappa shape index (κ1) is 19.2. The number of fused-ring (bicyclic) bond motifs is 1. The Bertz CT molecular complexity index is 1070. The van der Waals surface area contributed by atoms with Crippen LogP contribution in [0.5, 0.6) is 0 Å². The van der Waals surface area contributed by atoms with Crippen molar-refractivity contribution in [1.82, 2.24) is 14.2 Å². The molecule has 0 amide bonds. The first-order valence-electron chi connectivity index (χ1n) is 8.87. The van der Waals surface area contributed by atoms with Gasteiger partial charge >= 0.3 is 6.18 Å². The third kappa shape index (κ3) is 3.15. The number of hydrogen-bond donors (Lipinski definition) is 0. The highest BCUT2D eigenvalue weighted by molar-refractivity contribution is 5.64. The van der Waals surface area contributed by atoms with Gasteiger partial charge in [0.25, 0.3) is 5.56 Å². The maximum atomic E-state index is 13.2. The van der Waals surface area contributed by atoms with Gasteiger partial charge in [0.05, 0.1) is 5.56 Å². The van der Waals surface area contributed by atoms with Gasteiger partial charge in [-0.25, -0.2) is 4.52 Å². The van der Waals surface area contributed by atoms with Crippen LogP contribution < -0.4 is 5.56 Å². The van der Waals surface area contributed by atoms with Gasteiger partial charge in [-0.2, -0.15) is 13.2 Å². The number of rotatable bonds is 3. The van der Waals surface area contributed by atoms with Gasteiger partial charge in [0, 0.05) is 17.8 Å². The highest BCUT2D eigenvalue weighted by Gasteiger charge is 2.31. The largest absolute Gasteiger partial charge is 0.416 e. The number of halogens is 3. The van der Waals surface area contributed by atoms with E-state index in [9.17, 15) is 18.0 Å². The molecule has 0 spiro atoms. The van der Waals surface area contributed by atoms with Crippen LogP contribution in [0.4, 0.5) is 13.2 Å². The molecular formula is C20H22F3N3O. The monoisotopic (exact) mass is 377 g/mol. The van der Waals surface area contributed by atoms with Crippen LogP contribution in [0.25, 0.3) is 16.9 Å². The molecule has 0 saturated heterocycles. The molecule has 0 atom stereocenters. The van der Waals surface area contributed by atoms with E-state index in [4.69, 9.17) is 0 Å². The fourth-order valence-electron chi connectivity index (χ4n) is 3.39. The number of benzene rings is 1. The summed E-state index contributed by atoms with van der Waals surface area (Å²) in [4.78, 5) is 13.2. The zero-order chi connectivity index (χ0) is 20.1. The van der Waals surface area contributed by atoms with Crippen molar-refractivity contribution in [2.75, 3.05) is 0 Å². The first-order chi connectivity index (χ1) is 12.6. The molecule has 0 radical (unpaired) electrons. The molecule has 0 fully saturated rings. The van der Waals surface area contributed by atoms with E-state index in [1.165, 1.54) is 10.6 Å². The van der Waals surface area contributed by atoms with Crippen molar-refractivity contribution in [2.24, 2.45) is 0 Å². The van der Waals surface area contributed by atoms with Crippen LogP contribution in [0.2, 0.25) is 0 Å². The summed E-state index contributed by atoms with van der Waals surface area (Å²) in [7, 11) is 0. The molecule has 0 N–H and O–H groups in total. The molecule has 1 aromatic carbocycles. The fraction of sp³-hybridized carbons (Fsp3) is 0.400. The lowest BCUT2D eigenvalue weighted by molar-refractivity contribution is -0.137. The van der Waals surface area contributed by atoms with Crippen molar-refractivity contribution in [3.63, 3.8) is 0 Å². The highest BCUT2D eigenvalue weighted by Crippen LogP contribution is 2.33. The summed E-state index contributed by atoms with van der Waals surface area (Å²) < 4.78 is 42.1. The van der Waals surface area contributed by atoms with Gasteiger partial charge in [-0.1, -0.05) is 19.9 Å². The van der Waals surface area contributed by atoms with Crippen LogP contribution in [-0.2, 0) is 12.7 Å². The third-order valence-corrected chi connectivity index (χ3v) is 4.81. The Morgan fingerprint density at radius 2 is 1.81 bits per heavy atom. The predicted octanol–water partition coefficient (Wildman–Crippen LogP) is 4.94. The SMILES string of the molecule is CCn1c(-c2ccc(C(F)(F)F)cc2C)nn2c(C)cc(C(C)C)c2c1=O. The molecule has 3 rings (SSSR count). The molecule has 0 unspecified atom stereocenters. The lowest BCUT2D eigenvalue weighted by atomic mass is 10.0. The van der Waals surface area contributed by atoms with Crippen molar-refractivity contribution >= 4 is 5.52 Å². The number of aromatic nitrogens is 3. The van der Waals surface area contributed by atoms with Crippen molar-refractivity contribution < 1.29 is 13.2 Å². The number of nitrogens with zero attached hydrogens (tertiary/aromatic N) is 3. The quantitative estimate of drug-likeness (QED) is 0.648. The maximum absolute atomic E-state index is 13.2. The summed E-state index contributed by atoms with van der Waals surface area (Å²) >= 11 is 0. The van der Waals surface area contributed by atoms with Gasteiger partial charge in [-0.3, -0.25) is 9.36 Å². The molecule has 0 bridgehead atoms. The molecule has 3 aromatic rings. The van der Waals surface area contributed by atoms with Crippen LogP contribution in [-0.4, -0.2) is 14.2 Å². The molecule has 27 heavy (non-hydrogen) atoms. The fourth-order valence-corrected chi connectivity index (χ4v) is 3.39. The van der Waals surface area contributed by atoms with E-state index in [0.717, 1.165) is 23.4 Å². The molecule has 4 nitrogen and oxygen atoms in total. The van der Waals surface area contributed by atoms with E-state index in [-0.39, 0.29) is 11.5 Å². The average Bonchev–Trinajstić information content (AvgIpc) is 2.91. The van der Waals surface area contributed by atoms with Crippen LogP contribution in [0.15, 0.2) is 29.1 Å². The standard InChI is InChI=1S/C20H22F3N3O/c1-6-25-18(15-8-7-14(9-12(15)4)20(21,22)23)24-26-13(5)10-16(11(2)3)17(26)19(25)27/h7-11H,6H2,1-5H3. The highest BCUT2D eigenvalue weighted by atomic mass is 19.4. The number of alkyl halides is 3. The lowest BCUT2D eigenvalue weighted by Crippen LogP contribution is -2.26. The summed E-state index contributed by atoms with van der Waals surface area (Å²) in [6, 6.07) is 5.45. The second-order valence-corrected chi connectivity index (χ2v) is 7.06. The second kappa shape index (κ2) is 6.55. The number of aryl methyl sites for hydroxylation is 2. The van der Waals surface area contributed by atoms with E-state index in [1.54, 1.807) is 11.4 Å². The molecule has 0 aliphatic carbocycles. The van der Waals surface area contributed by atoms with E-state index in [2.05, 4.69) is 5.10 Å². The van der Waals surface area contributed by atoms with Crippen LogP contribution >= 0.6 is 0 Å². The van der Waals surface area contributed by atoms with Gasteiger partial charge in [-0.05, 0) is 56.0 Å². The average molecular weight is 377 g/mol. The van der Waals surface area contributed by atoms with Crippen molar-refractivity contribution in [3.05, 3.63) is 57.0 Å². The minimum Gasteiger partial charge on any atom is -0.290 e. The molecule has 0 aliphatic rings. The normalized spacial score (nSPS) is 12.3. The predicted molar refractivity (Wildman–Crippen MR) is 99.1 cm³/mol. The van der Waals surface area contributed by atoms with Gasteiger partial charge in [-0.15, -0.1) is 5.10 Å². The van der Waals surface area contributed by atoms with Crippen molar-refractivity contribution in [3.8, 4) is 11.4 Å². The van der Waals surface area contributed by atoms with Gasteiger partial charge in [0.15, 0.2) is 5.82 Å². The summed E-state index contributed by atoms with van der Waals surface area (Å²) in [6.45, 7) is 9.69. The molecule has 144 valence electrons. The van der Waals surface area contributed by atoms with E-state index in [0.29, 0.717) is 29.0 Å². The molecule has 7 heteroatoms. The smallest absolute Gasteiger partial charge is 0.290 e. The Kier molecular flexibility index (Phi) is 4.66. The van der Waals surface area contributed by atoms with Crippen LogP contribution in [0.1, 0.15) is 49.1 Å². The maximum Gasteiger partial charge on any atom is 0.416 e. The molecule has 2 aromatic heterocycles. The molecule has 2 heterocycles. The lowest BCUT2D eigenvalue weighted by Gasteiger charge is -2.15.